The van der Waals surface area contributed by atoms with E-state index in [9.17, 15) is 18.0 Å². The molecule has 2 saturated heterocycles. The summed E-state index contributed by atoms with van der Waals surface area (Å²) in [5.41, 5.74) is 2.21. The third kappa shape index (κ3) is 6.81. The quantitative estimate of drug-likeness (QED) is 0.442. The number of anilines is 1. The molecule has 2 aromatic carbocycles. The lowest BCUT2D eigenvalue weighted by atomic mass is 9.67. The van der Waals surface area contributed by atoms with Crippen molar-refractivity contribution in [3.8, 4) is 5.75 Å². The van der Waals surface area contributed by atoms with Crippen LogP contribution in [0.15, 0.2) is 47.4 Å². The number of benzene rings is 2. The maximum Gasteiger partial charge on any atom is 0.410 e. The van der Waals surface area contributed by atoms with Crippen LogP contribution in [0.5, 0.6) is 5.75 Å². The number of piperazine rings is 1. The van der Waals surface area contributed by atoms with Gasteiger partial charge in [0.15, 0.2) is 0 Å². The van der Waals surface area contributed by atoms with E-state index < -0.39 is 27.6 Å². The molecule has 2 aromatic rings. The second-order valence-electron chi connectivity index (χ2n) is 15.9. The van der Waals surface area contributed by atoms with Crippen LogP contribution in [0.1, 0.15) is 62.6 Å². The van der Waals surface area contributed by atoms with Crippen molar-refractivity contribution in [2.75, 3.05) is 70.6 Å². The van der Waals surface area contributed by atoms with Crippen molar-refractivity contribution >= 4 is 39.3 Å². The lowest BCUT2D eigenvalue weighted by Gasteiger charge is -2.46. The van der Waals surface area contributed by atoms with E-state index in [1.165, 1.54) is 31.0 Å². The number of halogens is 1. The van der Waals surface area contributed by atoms with Crippen LogP contribution in [0.3, 0.4) is 0 Å². The fraction of sp³-hybridized carbons (Fsp3) is 0.590. The topological polar surface area (TPSA) is 127 Å². The number of fused-ring (bicyclic) bond motifs is 4. The van der Waals surface area contributed by atoms with E-state index in [1.54, 1.807) is 23.1 Å². The Labute approximate surface area is 316 Å². The van der Waals surface area contributed by atoms with E-state index in [0.717, 1.165) is 51.1 Å². The van der Waals surface area contributed by atoms with Crippen LogP contribution in [-0.4, -0.2) is 114 Å². The van der Waals surface area contributed by atoms with Gasteiger partial charge in [0.25, 0.3) is 15.9 Å². The average molecular weight is 769 g/mol. The Morgan fingerprint density at radius 1 is 1.11 bits per heavy atom. The van der Waals surface area contributed by atoms with Gasteiger partial charge in [-0.05, 0) is 86.6 Å². The standard InChI is InChI=1S/C39H49ClN4O8S/c1-4-28-30-20-44-23-39(11-5-7-25-17-32(40)29(30)19-31(25)39)24-50-35-10-9-27(18-33(35)44)53(47,48)41-36(45)38(2,3)51-16-6-8-34(28)52-37(46)43-14-12-42(13-15-43)26-21-49-22-26/h6,8-10,17-19,26,28,30,34H,4-5,7,11-16,20-24H2,1-3H3,(H,41,45)/b8-6+/t28-,30+,34+,39+/m1/s1. The van der Waals surface area contributed by atoms with Gasteiger partial charge in [-0.2, -0.15) is 0 Å². The van der Waals surface area contributed by atoms with E-state index in [1.807, 2.05) is 6.08 Å². The molecule has 0 unspecified atom stereocenters. The zero-order chi connectivity index (χ0) is 37.1. The van der Waals surface area contributed by atoms with Crippen molar-refractivity contribution in [3.05, 3.63) is 64.2 Å². The molecular formula is C39H49ClN4O8S. The number of nitrogens with one attached hydrogen (secondary N) is 1. The van der Waals surface area contributed by atoms with Crippen LogP contribution in [0.4, 0.5) is 10.5 Å². The van der Waals surface area contributed by atoms with Crippen LogP contribution in [0.25, 0.3) is 0 Å². The molecule has 2 amide bonds. The van der Waals surface area contributed by atoms with Crippen molar-refractivity contribution in [1.82, 2.24) is 14.5 Å². The first-order valence-electron chi connectivity index (χ1n) is 18.9. The third-order valence-electron chi connectivity index (χ3n) is 12.3. The summed E-state index contributed by atoms with van der Waals surface area (Å²) in [5.74, 6) is -0.655. The first-order valence-corrected chi connectivity index (χ1v) is 20.7. The van der Waals surface area contributed by atoms with Crippen LogP contribution >= 0.6 is 11.6 Å². The number of nitrogens with zero attached hydrogens (tertiary/aromatic N) is 3. The molecule has 0 aromatic heterocycles. The Morgan fingerprint density at radius 2 is 1.91 bits per heavy atom. The van der Waals surface area contributed by atoms with Crippen LogP contribution in [-0.2, 0) is 40.9 Å². The number of aryl methyl sites for hydroxylation is 1. The number of rotatable bonds is 3. The van der Waals surface area contributed by atoms with Gasteiger partial charge in [-0.1, -0.05) is 30.7 Å². The smallest absolute Gasteiger partial charge is 0.410 e. The predicted molar refractivity (Wildman–Crippen MR) is 199 cm³/mol. The molecule has 0 radical (unpaired) electrons. The van der Waals surface area contributed by atoms with Gasteiger partial charge < -0.3 is 28.7 Å². The Kier molecular flexibility index (Phi) is 9.70. The summed E-state index contributed by atoms with van der Waals surface area (Å²) in [7, 11) is -4.26. The summed E-state index contributed by atoms with van der Waals surface area (Å²) in [6.45, 7) is 10.8. The number of amides is 2. The molecule has 5 aliphatic heterocycles. The van der Waals surface area contributed by atoms with Crippen LogP contribution in [0.2, 0.25) is 5.02 Å². The van der Waals surface area contributed by atoms with E-state index in [-0.39, 0.29) is 34.8 Å². The fourth-order valence-electron chi connectivity index (χ4n) is 9.02. The average Bonchev–Trinajstić information content (AvgIpc) is 3.25. The molecule has 1 N–H and O–H groups in total. The van der Waals surface area contributed by atoms with E-state index in [2.05, 4.69) is 33.6 Å². The molecule has 6 aliphatic rings. The lowest BCUT2D eigenvalue weighted by Crippen LogP contribution is -2.57. The van der Waals surface area contributed by atoms with Gasteiger partial charge in [-0.3, -0.25) is 9.69 Å². The summed E-state index contributed by atoms with van der Waals surface area (Å²) >= 11 is 7.24. The van der Waals surface area contributed by atoms with E-state index >= 15 is 0 Å². The number of hydrogen-bond acceptors (Lipinski definition) is 10. The minimum atomic E-state index is -4.26. The molecule has 7 bridgehead atoms. The second kappa shape index (κ2) is 14.1. The van der Waals surface area contributed by atoms with Gasteiger partial charge in [0.05, 0.1) is 43.1 Å². The van der Waals surface area contributed by atoms with Gasteiger partial charge in [0.1, 0.15) is 17.5 Å². The SMILES string of the molecule is CC[C@H]1[C@@H](OC(=O)N2CCN(C3COC3)CC2)/C=C/COC(C)(C)C(=O)NS(=O)(=O)c2ccc3c(c2)N2C[C@@H]1c1cc4c(cc1Cl)CCC[C@@]4(CO3)C2. The largest absolute Gasteiger partial charge is 0.490 e. The zero-order valence-corrected chi connectivity index (χ0v) is 32.2. The maximum atomic E-state index is 14.0. The lowest BCUT2D eigenvalue weighted by molar-refractivity contribution is -0.139. The third-order valence-corrected chi connectivity index (χ3v) is 13.9. The number of carbonyl (C=O) groups is 2. The van der Waals surface area contributed by atoms with E-state index in [4.69, 9.17) is 30.5 Å². The van der Waals surface area contributed by atoms with Crippen molar-refractivity contribution < 1.29 is 37.0 Å². The summed E-state index contributed by atoms with van der Waals surface area (Å²) < 4.78 is 54.1. The van der Waals surface area contributed by atoms with Crippen molar-refractivity contribution in [3.63, 3.8) is 0 Å². The molecule has 4 atom stereocenters. The molecule has 8 rings (SSSR count). The van der Waals surface area contributed by atoms with Gasteiger partial charge in [0, 0.05) is 61.5 Å². The highest BCUT2D eigenvalue weighted by molar-refractivity contribution is 7.90. The molecule has 1 spiro atoms. The number of carbonyl (C=O) groups excluding carboxylic acids is 2. The van der Waals surface area contributed by atoms with Gasteiger partial charge >= 0.3 is 6.09 Å². The summed E-state index contributed by atoms with van der Waals surface area (Å²) in [6.07, 6.45) is 6.04. The number of ether oxygens (including phenoxy) is 4. The highest BCUT2D eigenvalue weighted by atomic mass is 35.5. The van der Waals surface area contributed by atoms with Gasteiger partial charge in [-0.15, -0.1) is 0 Å². The molecule has 286 valence electrons. The predicted octanol–water partition coefficient (Wildman–Crippen LogP) is 4.63. The van der Waals surface area contributed by atoms with E-state index in [0.29, 0.717) is 61.7 Å². The first-order chi connectivity index (χ1) is 25.4. The molecule has 1 aliphatic carbocycles. The van der Waals surface area contributed by atoms with Crippen LogP contribution in [0, 0.1) is 5.92 Å². The second-order valence-corrected chi connectivity index (χ2v) is 18.0. The normalized spacial score (nSPS) is 30.3. The first kappa shape index (κ1) is 36.6. The molecular weight excluding hydrogens is 720 g/mol. The molecule has 0 saturated carbocycles. The van der Waals surface area contributed by atoms with Crippen LogP contribution < -0.4 is 14.4 Å². The molecule has 2 fully saturated rings. The molecule has 12 nitrogen and oxygen atoms in total. The Hall–Kier alpha value is -3.36. The van der Waals surface area contributed by atoms with Gasteiger partial charge in [0.2, 0.25) is 0 Å². The number of sulfonamides is 1. The van der Waals surface area contributed by atoms with Crippen molar-refractivity contribution in [1.29, 1.82) is 0 Å². The minimum Gasteiger partial charge on any atom is -0.490 e. The maximum absolute atomic E-state index is 14.0. The molecule has 5 heterocycles. The van der Waals surface area contributed by atoms with Crippen molar-refractivity contribution in [2.24, 2.45) is 5.92 Å². The summed E-state index contributed by atoms with van der Waals surface area (Å²) in [5, 5.41) is 0.675. The Morgan fingerprint density at radius 3 is 2.64 bits per heavy atom. The summed E-state index contributed by atoms with van der Waals surface area (Å²) in [4.78, 5) is 33.7. The fourth-order valence-corrected chi connectivity index (χ4v) is 10.5. The zero-order valence-electron chi connectivity index (χ0n) is 30.6. The Bertz CT molecular complexity index is 1910. The van der Waals surface area contributed by atoms with Gasteiger partial charge in [-0.25, -0.2) is 17.9 Å². The Balaban J connectivity index is 1.22. The monoisotopic (exact) mass is 768 g/mol. The highest BCUT2D eigenvalue weighted by Gasteiger charge is 2.46. The summed E-state index contributed by atoms with van der Waals surface area (Å²) in [6, 6.07) is 9.59. The number of hydrogen-bond donors (Lipinski definition) is 1. The minimum absolute atomic E-state index is 0.0117. The van der Waals surface area contributed by atoms with Crippen molar-refractivity contribution in [2.45, 2.75) is 80.4 Å². The highest BCUT2D eigenvalue weighted by Crippen LogP contribution is 2.50. The molecule has 14 heteroatoms. The molecule has 53 heavy (non-hydrogen) atoms.